The highest BCUT2D eigenvalue weighted by Crippen LogP contribution is 2.58. The van der Waals surface area contributed by atoms with E-state index in [1.54, 1.807) is 10.8 Å². The Morgan fingerprint density at radius 1 is 1.20 bits per heavy atom. The molecule has 1 aromatic rings. The van der Waals surface area contributed by atoms with Crippen LogP contribution in [0.4, 0.5) is 0 Å². The second-order valence-electron chi connectivity index (χ2n) is 9.87. The summed E-state index contributed by atoms with van der Waals surface area (Å²) < 4.78 is 0. The third-order valence-corrected chi connectivity index (χ3v) is 9.55. The first-order valence-corrected chi connectivity index (χ1v) is 14.2. The lowest BCUT2D eigenvalue weighted by molar-refractivity contribution is 0.108. The van der Waals surface area contributed by atoms with E-state index in [-0.39, 0.29) is 0 Å². The Labute approximate surface area is 193 Å². The van der Waals surface area contributed by atoms with Crippen molar-refractivity contribution in [1.29, 1.82) is 0 Å². The molecule has 0 radical (unpaired) electrons. The van der Waals surface area contributed by atoms with Crippen molar-refractivity contribution in [3.05, 3.63) is 36.0 Å². The molecule has 1 fully saturated rings. The predicted molar refractivity (Wildman–Crippen MR) is 134 cm³/mol. The first kappa shape index (κ1) is 23.8. The molecule has 0 aromatic carbocycles. The molecule has 0 N–H and O–H groups in total. The van der Waals surface area contributed by atoms with Crippen LogP contribution in [-0.4, -0.2) is 10.7 Å². The normalized spacial score (nSPS) is 26.6. The molecule has 1 heterocycles. The first-order chi connectivity index (χ1) is 14.5. The summed E-state index contributed by atoms with van der Waals surface area (Å²) >= 11 is 0. The maximum absolute atomic E-state index is 4.36. The molecule has 2 aliphatic rings. The van der Waals surface area contributed by atoms with Crippen molar-refractivity contribution < 1.29 is 0 Å². The number of pyridine rings is 1. The fourth-order valence-corrected chi connectivity index (χ4v) is 7.48. The van der Waals surface area contributed by atoms with E-state index in [4.69, 9.17) is 0 Å². The Balaban J connectivity index is 1.49. The topological polar surface area (TPSA) is 12.9 Å². The number of aromatic nitrogens is 1. The van der Waals surface area contributed by atoms with Crippen LogP contribution >= 0.6 is 21.6 Å². The van der Waals surface area contributed by atoms with Gasteiger partial charge in [0.05, 0.1) is 0 Å². The van der Waals surface area contributed by atoms with Crippen molar-refractivity contribution in [1.82, 2.24) is 4.98 Å². The minimum atomic E-state index is 0.472. The molecule has 1 saturated carbocycles. The number of nitrogens with zero attached hydrogens (tertiary/aromatic N) is 1. The van der Waals surface area contributed by atoms with Gasteiger partial charge in [-0.1, -0.05) is 81.7 Å². The van der Waals surface area contributed by atoms with Crippen LogP contribution in [0.1, 0.15) is 79.1 Å². The molecular weight excluding hydrogens is 402 g/mol. The average molecular weight is 442 g/mol. The monoisotopic (exact) mass is 441 g/mol. The Morgan fingerprint density at radius 2 is 2.07 bits per heavy atom. The SMILES string of the molecule is CC(C)CCC[C@@H](C)[C@H]1CC[C@H]2C(C#CCCSSc3ccccn3)=CCC[C@]12C. The molecule has 0 unspecified atom stereocenters. The van der Waals surface area contributed by atoms with E-state index in [1.165, 1.54) is 50.5 Å². The molecule has 0 spiro atoms. The summed E-state index contributed by atoms with van der Waals surface area (Å²) in [5.74, 6) is 11.4. The Hall–Kier alpha value is -0.850. The minimum absolute atomic E-state index is 0.472. The van der Waals surface area contributed by atoms with Crippen LogP contribution in [0.25, 0.3) is 0 Å². The largest absolute Gasteiger partial charge is 0.249 e. The van der Waals surface area contributed by atoms with Crippen LogP contribution in [0.15, 0.2) is 41.1 Å². The van der Waals surface area contributed by atoms with Gasteiger partial charge in [-0.25, -0.2) is 4.98 Å². The highest BCUT2D eigenvalue weighted by molar-refractivity contribution is 8.76. The van der Waals surface area contributed by atoms with Crippen LogP contribution in [0.3, 0.4) is 0 Å². The quantitative estimate of drug-likeness (QED) is 0.217. The lowest BCUT2D eigenvalue weighted by atomic mass is 9.62. The van der Waals surface area contributed by atoms with Crippen LogP contribution in [-0.2, 0) is 0 Å². The Kier molecular flexibility index (Phi) is 9.27. The van der Waals surface area contributed by atoms with Crippen molar-refractivity contribution in [3.63, 3.8) is 0 Å². The molecule has 30 heavy (non-hydrogen) atoms. The third kappa shape index (κ3) is 6.33. The molecular formula is C27H39NS2. The second kappa shape index (κ2) is 11.7. The maximum Gasteiger partial charge on any atom is 0.106 e. The zero-order chi connectivity index (χ0) is 21.4. The first-order valence-electron chi connectivity index (χ1n) is 11.9. The van der Waals surface area contributed by atoms with E-state index in [2.05, 4.69) is 56.7 Å². The van der Waals surface area contributed by atoms with E-state index in [1.807, 2.05) is 29.1 Å². The fraction of sp³-hybridized carbons (Fsp3) is 0.667. The van der Waals surface area contributed by atoms with Gasteiger partial charge in [-0.05, 0) is 77.7 Å². The van der Waals surface area contributed by atoms with E-state index < -0.39 is 0 Å². The van der Waals surface area contributed by atoms with Gasteiger partial charge in [-0.15, -0.1) is 0 Å². The van der Waals surface area contributed by atoms with Crippen molar-refractivity contribution in [2.24, 2.45) is 29.1 Å². The standard InChI is InChI=1S/C27H39NS2/c1-21(2)11-9-12-22(3)24-16-17-25-23(14-10-18-27(24,25)4)13-6-8-20-29-30-26-15-5-7-19-28-26/h5,7,14-15,19,21-22,24-25H,8-12,16-18,20H2,1-4H3/t22-,24-,25+,27-/m1/s1. The van der Waals surface area contributed by atoms with Crippen molar-refractivity contribution >= 4 is 21.6 Å². The molecule has 0 aliphatic heterocycles. The number of allylic oxidation sites excluding steroid dienone is 2. The second-order valence-corrected chi connectivity index (χ2v) is 12.3. The molecule has 3 heteroatoms. The number of rotatable bonds is 9. The van der Waals surface area contributed by atoms with Crippen molar-refractivity contribution in [2.75, 3.05) is 5.75 Å². The summed E-state index contributed by atoms with van der Waals surface area (Å²) in [6.45, 7) is 9.81. The van der Waals surface area contributed by atoms with E-state index in [0.717, 1.165) is 35.0 Å². The van der Waals surface area contributed by atoms with E-state index in [0.29, 0.717) is 11.3 Å². The number of fused-ring (bicyclic) bond motifs is 1. The highest BCUT2D eigenvalue weighted by atomic mass is 33.1. The van der Waals surface area contributed by atoms with Gasteiger partial charge in [0.15, 0.2) is 0 Å². The third-order valence-electron chi connectivity index (χ3n) is 7.29. The molecule has 2 aliphatic carbocycles. The Bertz CT molecular complexity index is 745. The molecule has 1 nitrogen and oxygen atoms in total. The minimum Gasteiger partial charge on any atom is -0.249 e. The van der Waals surface area contributed by atoms with Crippen LogP contribution in [0.2, 0.25) is 0 Å². The van der Waals surface area contributed by atoms with E-state index >= 15 is 0 Å². The lowest BCUT2D eigenvalue weighted by Crippen LogP contribution is -2.35. The molecule has 4 atom stereocenters. The highest BCUT2D eigenvalue weighted by Gasteiger charge is 2.49. The fourth-order valence-electron chi connectivity index (χ4n) is 5.69. The van der Waals surface area contributed by atoms with Gasteiger partial charge < -0.3 is 0 Å². The molecule has 0 saturated heterocycles. The van der Waals surface area contributed by atoms with Crippen molar-refractivity contribution in [2.45, 2.75) is 84.1 Å². The molecule has 1 aromatic heterocycles. The number of hydrogen-bond acceptors (Lipinski definition) is 3. The van der Waals surface area contributed by atoms with Gasteiger partial charge in [0.2, 0.25) is 0 Å². The number of hydrogen-bond donors (Lipinski definition) is 0. The summed E-state index contributed by atoms with van der Waals surface area (Å²) in [5, 5.41) is 1.08. The summed E-state index contributed by atoms with van der Waals surface area (Å²) in [6.07, 6.45) is 14.8. The zero-order valence-electron chi connectivity index (χ0n) is 19.3. The van der Waals surface area contributed by atoms with Gasteiger partial charge >= 0.3 is 0 Å². The van der Waals surface area contributed by atoms with Crippen LogP contribution in [0.5, 0.6) is 0 Å². The molecule has 0 amide bonds. The molecule has 0 bridgehead atoms. The lowest BCUT2D eigenvalue weighted by Gasteiger charge is -2.42. The van der Waals surface area contributed by atoms with Gasteiger partial charge in [0.1, 0.15) is 5.03 Å². The summed E-state index contributed by atoms with van der Waals surface area (Å²) in [7, 11) is 3.61. The average Bonchev–Trinajstić information content (AvgIpc) is 3.08. The Morgan fingerprint density at radius 3 is 2.83 bits per heavy atom. The predicted octanol–water partition coefficient (Wildman–Crippen LogP) is 8.43. The van der Waals surface area contributed by atoms with Gasteiger partial charge in [-0.2, -0.15) is 0 Å². The maximum atomic E-state index is 4.36. The van der Waals surface area contributed by atoms with Gasteiger partial charge in [-0.3, -0.25) is 0 Å². The van der Waals surface area contributed by atoms with Crippen molar-refractivity contribution in [3.8, 4) is 11.8 Å². The summed E-state index contributed by atoms with van der Waals surface area (Å²) in [6, 6.07) is 6.07. The molecule has 164 valence electrons. The van der Waals surface area contributed by atoms with Gasteiger partial charge in [0, 0.05) is 23.9 Å². The summed E-state index contributed by atoms with van der Waals surface area (Å²) in [5.41, 5.74) is 1.93. The van der Waals surface area contributed by atoms with Crippen LogP contribution in [0, 0.1) is 40.9 Å². The van der Waals surface area contributed by atoms with E-state index in [9.17, 15) is 0 Å². The summed E-state index contributed by atoms with van der Waals surface area (Å²) in [4.78, 5) is 4.36. The van der Waals surface area contributed by atoms with Crippen LogP contribution < -0.4 is 0 Å². The zero-order valence-corrected chi connectivity index (χ0v) is 21.0. The smallest absolute Gasteiger partial charge is 0.106 e. The van der Waals surface area contributed by atoms with Gasteiger partial charge in [0.25, 0.3) is 0 Å². The molecule has 3 rings (SSSR count).